The topological polar surface area (TPSA) is 55.2 Å². The van der Waals surface area contributed by atoms with E-state index < -0.39 is 0 Å². The van der Waals surface area contributed by atoms with Crippen LogP contribution in [0.5, 0.6) is 0 Å². The number of hydrogen-bond acceptors (Lipinski definition) is 3. The molecule has 0 amide bonds. The number of nitrogens with one attached hydrogen (secondary N) is 1. The molecule has 4 nitrogen and oxygen atoms in total. The number of rotatable bonds is 5. The van der Waals surface area contributed by atoms with E-state index in [1.54, 1.807) is 12.1 Å². The van der Waals surface area contributed by atoms with Gasteiger partial charge in [0.15, 0.2) is 0 Å². The summed E-state index contributed by atoms with van der Waals surface area (Å²) in [6.07, 6.45) is 2.47. The van der Waals surface area contributed by atoms with Crippen LogP contribution in [0, 0.1) is 15.5 Å². The average Bonchev–Trinajstić information content (AvgIpc) is 2.96. The molecule has 0 atom stereocenters. The molecule has 0 aromatic heterocycles. The summed E-state index contributed by atoms with van der Waals surface area (Å²) in [4.78, 5) is 10.5. The highest BCUT2D eigenvalue weighted by Gasteiger charge is 2.36. The second-order valence-electron chi connectivity index (χ2n) is 4.94. The Hall–Kier alpha value is -1.13. The lowest BCUT2D eigenvalue weighted by Crippen LogP contribution is -2.21. The molecule has 0 bridgehead atoms. The van der Waals surface area contributed by atoms with Gasteiger partial charge >= 0.3 is 0 Å². The molecule has 1 aromatic rings. The summed E-state index contributed by atoms with van der Waals surface area (Å²) < 4.78 is 0. The monoisotopic (exact) mass is 254 g/mol. The Balaban J connectivity index is 2.02. The van der Waals surface area contributed by atoms with Crippen molar-refractivity contribution in [1.29, 1.82) is 0 Å². The molecule has 0 aliphatic heterocycles. The van der Waals surface area contributed by atoms with Gasteiger partial charge in [0.05, 0.1) is 4.92 Å². The molecule has 5 heteroatoms. The van der Waals surface area contributed by atoms with Gasteiger partial charge in [0, 0.05) is 29.7 Å². The smallest absolute Gasteiger partial charge is 0.273 e. The molecule has 0 spiro atoms. The summed E-state index contributed by atoms with van der Waals surface area (Å²) in [6, 6.07) is 4.66. The second kappa shape index (κ2) is 4.63. The van der Waals surface area contributed by atoms with E-state index in [0.717, 1.165) is 6.54 Å². The van der Waals surface area contributed by atoms with E-state index >= 15 is 0 Å². The maximum atomic E-state index is 10.8. The molecule has 2 rings (SSSR count). The van der Waals surface area contributed by atoms with E-state index in [-0.39, 0.29) is 10.6 Å². The van der Waals surface area contributed by atoms with Crippen molar-refractivity contribution in [3.8, 4) is 0 Å². The Bertz CT molecular complexity index is 444. The minimum absolute atomic E-state index is 0.128. The Kier molecular flexibility index (Phi) is 3.35. The normalized spacial score (nSPS) is 16.8. The van der Waals surface area contributed by atoms with Crippen molar-refractivity contribution in [3.63, 3.8) is 0 Å². The van der Waals surface area contributed by atoms with Gasteiger partial charge in [0.1, 0.15) is 0 Å². The predicted molar refractivity (Wildman–Crippen MR) is 67.2 cm³/mol. The van der Waals surface area contributed by atoms with Crippen molar-refractivity contribution in [2.75, 3.05) is 6.54 Å². The van der Waals surface area contributed by atoms with Gasteiger partial charge in [-0.3, -0.25) is 10.1 Å². The van der Waals surface area contributed by atoms with Crippen LogP contribution in [0.1, 0.15) is 25.3 Å². The maximum absolute atomic E-state index is 10.8. The fraction of sp³-hybridized carbons (Fsp3) is 0.500. The molecule has 1 fully saturated rings. The fourth-order valence-electron chi connectivity index (χ4n) is 1.76. The molecule has 0 radical (unpaired) electrons. The van der Waals surface area contributed by atoms with E-state index in [1.807, 2.05) is 0 Å². The molecule has 0 heterocycles. The van der Waals surface area contributed by atoms with Gasteiger partial charge in [0.2, 0.25) is 0 Å². The number of halogens is 1. The van der Waals surface area contributed by atoms with Gasteiger partial charge < -0.3 is 5.32 Å². The first kappa shape index (κ1) is 12.3. The first-order valence-electron chi connectivity index (χ1n) is 5.64. The summed E-state index contributed by atoms with van der Waals surface area (Å²) in [7, 11) is 0. The van der Waals surface area contributed by atoms with Gasteiger partial charge in [0.25, 0.3) is 5.69 Å². The van der Waals surface area contributed by atoms with Crippen molar-refractivity contribution in [1.82, 2.24) is 5.32 Å². The van der Waals surface area contributed by atoms with Crippen LogP contribution in [0.15, 0.2) is 18.2 Å². The van der Waals surface area contributed by atoms with Crippen LogP contribution in [0.25, 0.3) is 0 Å². The molecule has 1 N–H and O–H groups in total. The molecule has 0 unspecified atom stereocenters. The Morgan fingerprint density at radius 3 is 2.82 bits per heavy atom. The average molecular weight is 255 g/mol. The summed E-state index contributed by atoms with van der Waals surface area (Å²) in [5.74, 6) is 0. The van der Waals surface area contributed by atoms with Gasteiger partial charge in [-0.25, -0.2) is 0 Å². The minimum atomic E-state index is -0.369. The maximum Gasteiger partial charge on any atom is 0.273 e. The number of nitrogens with zero attached hydrogens (tertiary/aromatic N) is 1. The van der Waals surface area contributed by atoms with Crippen molar-refractivity contribution in [2.24, 2.45) is 5.41 Å². The lowest BCUT2D eigenvalue weighted by Gasteiger charge is -2.10. The molecular formula is C12H15ClN2O2. The van der Waals surface area contributed by atoms with E-state index in [0.29, 0.717) is 22.5 Å². The summed E-state index contributed by atoms with van der Waals surface area (Å²) in [6.45, 7) is 3.61. The summed E-state index contributed by atoms with van der Waals surface area (Å²) >= 11 is 5.85. The largest absolute Gasteiger partial charge is 0.312 e. The highest BCUT2D eigenvalue weighted by atomic mass is 35.5. The molecule has 17 heavy (non-hydrogen) atoms. The zero-order valence-corrected chi connectivity index (χ0v) is 10.5. The van der Waals surface area contributed by atoms with Crippen LogP contribution in [-0.2, 0) is 6.54 Å². The molecule has 1 saturated carbocycles. The molecule has 92 valence electrons. The minimum Gasteiger partial charge on any atom is -0.312 e. The lowest BCUT2D eigenvalue weighted by molar-refractivity contribution is -0.385. The van der Waals surface area contributed by atoms with Crippen LogP contribution in [0.4, 0.5) is 5.69 Å². The SMILES string of the molecule is CC1(CNCc2cc(Cl)ccc2[N+](=O)[O-])CC1. The third kappa shape index (κ3) is 3.17. The molecule has 0 saturated heterocycles. The third-order valence-corrected chi connectivity index (χ3v) is 3.44. The van der Waals surface area contributed by atoms with Crippen LogP contribution < -0.4 is 5.32 Å². The predicted octanol–water partition coefficient (Wildman–Crippen LogP) is 3.14. The summed E-state index contributed by atoms with van der Waals surface area (Å²) in [5, 5.41) is 14.6. The standard InChI is InChI=1S/C12H15ClN2O2/c1-12(4-5-12)8-14-7-9-6-10(13)2-3-11(9)15(16)17/h2-3,6,14H,4-5,7-8H2,1H3. The Morgan fingerprint density at radius 1 is 1.53 bits per heavy atom. The Labute approximate surface area is 105 Å². The summed E-state index contributed by atoms with van der Waals surface area (Å²) in [5.41, 5.74) is 1.17. The van der Waals surface area contributed by atoms with E-state index in [4.69, 9.17) is 11.6 Å². The van der Waals surface area contributed by atoms with Crippen LogP contribution >= 0.6 is 11.6 Å². The zero-order chi connectivity index (χ0) is 12.5. The third-order valence-electron chi connectivity index (χ3n) is 3.21. The van der Waals surface area contributed by atoms with Gasteiger partial charge in [-0.1, -0.05) is 18.5 Å². The number of nitro benzene ring substituents is 1. The molecule has 1 aliphatic carbocycles. The van der Waals surface area contributed by atoms with E-state index in [9.17, 15) is 10.1 Å². The van der Waals surface area contributed by atoms with Crippen molar-refractivity contribution in [3.05, 3.63) is 38.9 Å². The highest BCUT2D eigenvalue weighted by Crippen LogP contribution is 2.44. The lowest BCUT2D eigenvalue weighted by atomic mass is 10.1. The number of nitro groups is 1. The second-order valence-corrected chi connectivity index (χ2v) is 5.38. The number of benzene rings is 1. The van der Waals surface area contributed by atoms with Crippen molar-refractivity contribution < 1.29 is 4.92 Å². The van der Waals surface area contributed by atoms with Crippen LogP contribution in [0.2, 0.25) is 5.02 Å². The molecule has 1 aromatic carbocycles. The molecular weight excluding hydrogens is 240 g/mol. The van der Waals surface area contributed by atoms with Gasteiger partial charge in [-0.2, -0.15) is 0 Å². The first-order valence-corrected chi connectivity index (χ1v) is 6.02. The van der Waals surface area contributed by atoms with E-state index in [2.05, 4.69) is 12.2 Å². The van der Waals surface area contributed by atoms with Crippen molar-refractivity contribution >= 4 is 17.3 Å². The van der Waals surface area contributed by atoms with Gasteiger partial charge in [-0.15, -0.1) is 0 Å². The number of hydrogen-bond donors (Lipinski definition) is 1. The van der Waals surface area contributed by atoms with Gasteiger partial charge in [-0.05, 0) is 30.4 Å². The van der Waals surface area contributed by atoms with Crippen LogP contribution in [-0.4, -0.2) is 11.5 Å². The van der Waals surface area contributed by atoms with Crippen molar-refractivity contribution in [2.45, 2.75) is 26.3 Å². The highest BCUT2D eigenvalue weighted by molar-refractivity contribution is 6.30. The quantitative estimate of drug-likeness (QED) is 0.649. The zero-order valence-electron chi connectivity index (χ0n) is 9.70. The van der Waals surface area contributed by atoms with Crippen LogP contribution in [0.3, 0.4) is 0 Å². The Morgan fingerprint density at radius 2 is 2.24 bits per heavy atom. The first-order chi connectivity index (χ1) is 8.00. The van der Waals surface area contributed by atoms with E-state index in [1.165, 1.54) is 18.9 Å². The molecule has 1 aliphatic rings. The fourth-order valence-corrected chi connectivity index (χ4v) is 1.96.